The molecule has 2 rings (SSSR count). The molecule has 0 aliphatic carbocycles. The summed E-state index contributed by atoms with van der Waals surface area (Å²) in [5.74, 6) is 0.201. The van der Waals surface area contributed by atoms with Crippen LogP contribution in [0.3, 0.4) is 0 Å². The summed E-state index contributed by atoms with van der Waals surface area (Å²) in [6.07, 6.45) is 0. The van der Waals surface area contributed by atoms with Gasteiger partial charge in [0.05, 0.1) is 1.37 Å². The van der Waals surface area contributed by atoms with E-state index in [1.807, 2.05) is 6.92 Å². The first-order chi connectivity index (χ1) is 8.47. The largest absolute Gasteiger partial charge is 0.379 e. The van der Waals surface area contributed by atoms with E-state index in [9.17, 15) is 8.42 Å². The second-order valence-corrected chi connectivity index (χ2v) is 5.13. The highest BCUT2D eigenvalue weighted by Crippen LogP contribution is 2.18. The van der Waals surface area contributed by atoms with Crippen molar-refractivity contribution in [2.45, 2.75) is 11.8 Å². The van der Waals surface area contributed by atoms with Crippen molar-refractivity contribution in [1.29, 1.82) is 0 Å². The quantitative estimate of drug-likeness (QED) is 0.786. The van der Waals surface area contributed by atoms with Crippen molar-refractivity contribution in [3.8, 4) is 5.75 Å². The third-order valence-corrected chi connectivity index (χ3v) is 3.46. The SMILES string of the molecule is [2H]c1ccc(OS(=O)(=O)c2ccc(C)cc2)cc1. The topological polar surface area (TPSA) is 43.4 Å². The molecular weight excluding hydrogens is 236 g/mol. The molecular formula is C13H12O3S. The Labute approximate surface area is 102 Å². The highest BCUT2D eigenvalue weighted by molar-refractivity contribution is 7.87. The zero-order valence-corrected chi connectivity index (χ0v) is 10.1. The first-order valence-electron chi connectivity index (χ1n) is 5.55. The van der Waals surface area contributed by atoms with Crippen LogP contribution in [0.2, 0.25) is 0 Å². The van der Waals surface area contributed by atoms with Gasteiger partial charge in [-0.15, -0.1) is 0 Å². The van der Waals surface area contributed by atoms with E-state index >= 15 is 0 Å². The number of benzene rings is 2. The summed E-state index contributed by atoms with van der Waals surface area (Å²) in [7, 11) is -3.80. The smallest absolute Gasteiger partial charge is 0.339 e. The number of para-hydroxylation sites is 1. The second kappa shape index (κ2) is 4.59. The number of aryl methyl sites for hydroxylation is 1. The van der Waals surface area contributed by atoms with Crippen LogP contribution in [0.1, 0.15) is 6.93 Å². The molecule has 0 aromatic heterocycles. The van der Waals surface area contributed by atoms with Gasteiger partial charge in [0.15, 0.2) is 0 Å². The minimum Gasteiger partial charge on any atom is -0.379 e. The molecule has 17 heavy (non-hydrogen) atoms. The highest BCUT2D eigenvalue weighted by Gasteiger charge is 2.15. The molecule has 0 aliphatic heterocycles. The lowest BCUT2D eigenvalue weighted by Crippen LogP contribution is -2.09. The normalized spacial score (nSPS) is 11.9. The van der Waals surface area contributed by atoms with Gasteiger partial charge in [0.2, 0.25) is 0 Å². The maximum Gasteiger partial charge on any atom is 0.339 e. The van der Waals surface area contributed by atoms with E-state index in [1.165, 1.54) is 36.4 Å². The van der Waals surface area contributed by atoms with Gasteiger partial charge in [-0.2, -0.15) is 8.42 Å². The predicted molar refractivity (Wildman–Crippen MR) is 65.4 cm³/mol. The molecule has 2 aromatic carbocycles. The predicted octanol–water partition coefficient (Wildman–Crippen LogP) is 2.76. The fourth-order valence-corrected chi connectivity index (χ4v) is 2.24. The Hall–Kier alpha value is -1.81. The Morgan fingerprint density at radius 2 is 1.65 bits per heavy atom. The van der Waals surface area contributed by atoms with Gasteiger partial charge >= 0.3 is 10.1 Å². The standard InChI is InChI=1S/C13H12O3S/c1-11-7-9-13(10-8-11)17(14,15)16-12-5-3-2-4-6-12/h2-10H,1H3/i2D. The molecule has 0 aliphatic rings. The van der Waals surface area contributed by atoms with Crippen LogP contribution < -0.4 is 4.18 Å². The number of rotatable bonds is 3. The van der Waals surface area contributed by atoms with Crippen molar-refractivity contribution < 1.29 is 14.0 Å². The average molecular weight is 249 g/mol. The van der Waals surface area contributed by atoms with Gasteiger partial charge in [-0.05, 0) is 31.2 Å². The second-order valence-electron chi connectivity index (χ2n) is 3.59. The van der Waals surface area contributed by atoms with E-state index in [4.69, 9.17) is 5.55 Å². The van der Waals surface area contributed by atoms with Crippen molar-refractivity contribution in [3.63, 3.8) is 0 Å². The third-order valence-electron chi connectivity index (χ3n) is 2.20. The molecule has 3 nitrogen and oxygen atoms in total. The van der Waals surface area contributed by atoms with Crippen molar-refractivity contribution in [1.82, 2.24) is 0 Å². The molecule has 0 saturated heterocycles. The minimum atomic E-state index is -3.80. The van der Waals surface area contributed by atoms with Crippen molar-refractivity contribution in [2.75, 3.05) is 0 Å². The summed E-state index contributed by atoms with van der Waals surface area (Å²) in [4.78, 5) is 0.114. The highest BCUT2D eigenvalue weighted by atomic mass is 32.2. The lowest BCUT2D eigenvalue weighted by Gasteiger charge is -2.06. The van der Waals surface area contributed by atoms with E-state index in [-0.39, 0.29) is 10.6 Å². The Balaban J connectivity index is 2.27. The van der Waals surface area contributed by atoms with Crippen LogP contribution in [0, 0.1) is 6.92 Å². The van der Waals surface area contributed by atoms with Crippen molar-refractivity contribution >= 4 is 10.1 Å². The number of hydrogen-bond acceptors (Lipinski definition) is 3. The Bertz CT molecular complexity index is 631. The van der Waals surface area contributed by atoms with Crippen molar-refractivity contribution in [2.24, 2.45) is 0 Å². The summed E-state index contributed by atoms with van der Waals surface area (Å²) in [5.41, 5.74) is 0.979. The van der Waals surface area contributed by atoms with Crippen LogP contribution in [0.25, 0.3) is 0 Å². The van der Waals surface area contributed by atoms with Gasteiger partial charge < -0.3 is 4.18 Å². The molecule has 0 unspecified atom stereocenters. The third kappa shape index (κ3) is 2.85. The first-order valence-corrected chi connectivity index (χ1v) is 6.46. The zero-order chi connectivity index (χ0) is 13.2. The molecule has 0 radical (unpaired) electrons. The first kappa shape index (κ1) is 10.4. The molecule has 0 amide bonds. The van der Waals surface area contributed by atoms with Crippen LogP contribution in [0.5, 0.6) is 5.75 Å². The lowest BCUT2D eigenvalue weighted by atomic mass is 10.2. The molecule has 88 valence electrons. The molecule has 0 N–H and O–H groups in total. The lowest BCUT2D eigenvalue weighted by molar-refractivity contribution is 0.486. The Kier molecular flexibility index (Phi) is 2.80. The summed E-state index contributed by atoms with van der Waals surface area (Å²) in [6.45, 7) is 1.88. The van der Waals surface area contributed by atoms with E-state index < -0.39 is 10.1 Å². The van der Waals surface area contributed by atoms with E-state index in [1.54, 1.807) is 12.1 Å². The average Bonchev–Trinajstić information content (AvgIpc) is 2.32. The molecule has 0 atom stereocenters. The molecule has 0 spiro atoms. The van der Waals surface area contributed by atoms with Crippen LogP contribution in [-0.4, -0.2) is 8.42 Å². The number of hydrogen-bond donors (Lipinski definition) is 0. The van der Waals surface area contributed by atoms with Crippen LogP contribution in [0.15, 0.2) is 59.5 Å². The van der Waals surface area contributed by atoms with E-state index in [2.05, 4.69) is 0 Å². The Morgan fingerprint density at radius 1 is 1.06 bits per heavy atom. The van der Waals surface area contributed by atoms with E-state index in [0.717, 1.165) is 5.56 Å². The summed E-state index contributed by atoms with van der Waals surface area (Å²) < 4.78 is 36.1. The van der Waals surface area contributed by atoms with Crippen LogP contribution in [0.4, 0.5) is 0 Å². The van der Waals surface area contributed by atoms with Gasteiger partial charge in [0.25, 0.3) is 0 Å². The van der Waals surface area contributed by atoms with Gasteiger partial charge in [-0.3, -0.25) is 0 Å². The summed E-state index contributed by atoms with van der Waals surface area (Å²) >= 11 is 0. The Morgan fingerprint density at radius 3 is 2.24 bits per heavy atom. The minimum absolute atomic E-state index is 0.114. The van der Waals surface area contributed by atoms with Crippen LogP contribution >= 0.6 is 0 Å². The van der Waals surface area contributed by atoms with Crippen LogP contribution in [-0.2, 0) is 10.1 Å². The molecule has 0 saturated carbocycles. The fraction of sp³-hybridized carbons (Fsp3) is 0.0769. The fourth-order valence-electron chi connectivity index (χ4n) is 1.31. The maximum absolute atomic E-state index is 11.9. The molecule has 2 aromatic rings. The van der Waals surface area contributed by atoms with Gasteiger partial charge in [0, 0.05) is 0 Å². The maximum atomic E-state index is 11.9. The van der Waals surface area contributed by atoms with Gasteiger partial charge in [0.1, 0.15) is 10.6 Å². The molecule has 0 bridgehead atoms. The van der Waals surface area contributed by atoms with Gasteiger partial charge in [-0.1, -0.05) is 35.9 Å². The molecule has 0 heterocycles. The summed E-state index contributed by atoms with van der Waals surface area (Å²) in [5, 5.41) is 0. The summed E-state index contributed by atoms with van der Waals surface area (Å²) in [6, 6.07) is 12.6. The zero-order valence-electron chi connectivity index (χ0n) is 10.3. The monoisotopic (exact) mass is 249 g/mol. The van der Waals surface area contributed by atoms with Crippen molar-refractivity contribution in [3.05, 3.63) is 60.1 Å². The van der Waals surface area contributed by atoms with E-state index in [0.29, 0.717) is 6.04 Å². The molecule has 0 fully saturated rings. The molecule has 4 heteroatoms. The van der Waals surface area contributed by atoms with Gasteiger partial charge in [-0.25, -0.2) is 0 Å².